The van der Waals surface area contributed by atoms with E-state index in [-0.39, 0.29) is 0 Å². The van der Waals surface area contributed by atoms with E-state index in [1.807, 2.05) is 0 Å². The minimum Gasteiger partial charge on any atom is -0.361 e. The van der Waals surface area contributed by atoms with Gasteiger partial charge in [0.1, 0.15) is 24.5 Å². The third kappa shape index (κ3) is 5.04. The number of hydrogen-bond donors (Lipinski definition) is 4. The van der Waals surface area contributed by atoms with Crippen molar-refractivity contribution in [1.29, 1.82) is 0 Å². The second kappa shape index (κ2) is 12.2. The number of aromatic amines is 4. The zero-order chi connectivity index (χ0) is 31.9. The predicted molar refractivity (Wildman–Crippen MR) is 201 cm³/mol. The number of para-hydroxylation sites is 2. The molecule has 0 amide bonds. The zero-order valence-corrected chi connectivity index (χ0v) is 27.4. The van der Waals surface area contributed by atoms with E-state index in [4.69, 9.17) is 0 Å². The number of nitrogens with zero attached hydrogens (tertiary/aromatic N) is 2. The first-order valence-electron chi connectivity index (χ1n) is 17.6. The van der Waals surface area contributed by atoms with Crippen molar-refractivity contribution in [3.05, 3.63) is 133 Å². The lowest BCUT2D eigenvalue weighted by Crippen LogP contribution is -2.62. The van der Waals surface area contributed by atoms with Crippen LogP contribution >= 0.6 is 0 Å². The molecule has 5 heterocycles. The Labute approximate surface area is 281 Å². The van der Waals surface area contributed by atoms with E-state index < -0.39 is 0 Å². The molecule has 8 aromatic rings. The van der Waals surface area contributed by atoms with Gasteiger partial charge in [-0.15, -0.1) is 0 Å². The summed E-state index contributed by atoms with van der Waals surface area (Å²) in [4.78, 5) is 16.8. The lowest BCUT2D eigenvalue weighted by atomic mass is 9.96. The Morgan fingerprint density at radius 3 is 1.73 bits per heavy atom. The quantitative estimate of drug-likeness (QED) is 0.112. The molecule has 6 heteroatoms. The van der Waals surface area contributed by atoms with Crippen molar-refractivity contribution in [2.75, 3.05) is 26.2 Å². The molecule has 4 aromatic heterocycles. The third-order valence-electron chi connectivity index (χ3n) is 11.1. The standard InChI is InChI=1S/C42H43N6/c1-3-14-37-33(12-1)30(27-45-37)9-5-11-32-29-48(41-18-6-16-39-35(41)20-22-43-39,42-19-7-17-40-36(42)21-23-44-40)26-25-47(32)24-8-10-31-28-46-38-15-4-2-13-34(31)38/h1-4,6-7,12-23,27-28,32,43-46H,5,8-11,24-26,29H2/q+1. The van der Waals surface area contributed by atoms with Crippen molar-refractivity contribution in [1.82, 2.24) is 29.3 Å². The van der Waals surface area contributed by atoms with Gasteiger partial charge in [-0.3, -0.25) is 9.38 Å². The molecule has 1 fully saturated rings. The molecule has 1 aliphatic heterocycles. The van der Waals surface area contributed by atoms with Crippen molar-refractivity contribution in [2.45, 2.75) is 38.1 Å². The summed E-state index contributed by atoms with van der Waals surface area (Å²) in [7, 11) is 0. The van der Waals surface area contributed by atoms with E-state index in [1.54, 1.807) is 0 Å². The molecule has 0 saturated carbocycles. The predicted octanol–water partition coefficient (Wildman–Crippen LogP) is 9.59. The minimum atomic E-state index is 0.454. The van der Waals surface area contributed by atoms with Crippen LogP contribution in [0.15, 0.2) is 122 Å². The second-order valence-electron chi connectivity index (χ2n) is 13.7. The highest BCUT2D eigenvalue weighted by molar-refractivity contribution is 5.98. The van der Waals surface area contributed by atoms with Crippen LogP contribution < -0.4 is 4.48 Å². The number of fused-ring (bicyclic) bond motifs is 4. The van der Waals surface area contributed by atoms with Crippen molar-refractivity contribution >= 4 is 55.0 Å². The molecule has 0 aliphatic carbocycles. The molecule has 0 radical (unpaired) electrons. The molecule has 1 aliphatic rings. The summed E-state index contributed by atoms with van der Waals surface area (Å²) in [5, 5.41) is 5.38. The molecule has 1 saturated heterocycles. The number of rotatable bonds is 10. The number of quaternary nitrogens is 1. The highest BCUT2D eigenvalue weighted by Gasteiger charge is 2.44. The van der Waals surface area contributed by atoms with E-state index in [0.29, 0.717) is 6.04 Å². The fraction of sp³-hybridized carbons (Fsp3) is 0.238. The molecule has 6 nitrogen and oxygen atoms in total. The van der Waals surface area contributed by atoms with Crippen molar-refractivity contribution in [3.63, 3.8) is 0 Å². The van der Waals surface area contributed by atoms with E-state index in [1.165, 1.54) is 72.5 Å². The van der Waals surface area contributed by atoms with Crippen LogP contribution in [0.1, 0.15) is 30.4 Å². The summed E-state index contributed by atoms with van der Waals surface area (Å²) in [5.41, 5.74) is 10.6. The summed E-state index contributed by atoms with van der Waals surface area (Å²) in [5.74, 6) is 0. The Hall–Kier alpha value is -5.04. The number of hydrogen-bond acceptors (Lipinski definition) is 1. The summed E-state index contributed by atoms with van der Waals surface area (Å²) < 4.78 is 0.862. The number of benzene rings is 4. The van der Waals surface area contributed by atoms with Gasteiger partial charge in [-0.25, -0.2) is 0 Å². The number of H-pyrrole nitrogens is 4. The monoisotopic (exact) mass is 631 g/mol. The van der Waals surface area contributed by atoms with Gasteiger partial charge < -0.3 is 19.9 Å². The number of nitrogens with one attached hydrogen (secondary N) is 4. The molecular formula is C42H43N6+. The smallest absolute Gasteiger partial charge is 0.147 e. The van der Waals surface area contributed by atoms with Crippen molar-refractivity contribution in [2.24, 2.45) is 0 Å². The molecular weight excluding hydrogens is 589 g/mol. The number of aryl methyl sites for hydroxylation is 2. The highest BCUT2D eigenvalue weighted by Crippen LogP contribution is 2.45. The summed E-state index contributed by atoms with van der Waals surface area (Å²) in [6.07, 6.45) is 14.3. The molecule has 48 heavy (non-hydrogen) atoms. The van der Waals surface area contributed by atoms with Crippen LogP contribution in [0.4, 0.5) is 11.4 Å². The number of aromatic nitrogens is 4. The van der Waals surface area contributed by atoms with Gasteiger partial charge in [0.15, 0.2) is 0 Å². The van der Waals surface area contributed by atoms with Crippen LogP contribution in [-0.2, 0) is 12.8 Å². The lowest BCUT2D eigenvalue weighted by molar-refractivity contribution is 0.0992. The lowest BCUT2D eigenvalue weighted by Gasteiger charge is -2.48. The van der Waals surface area contributed by atoms with Gasteiger partial charge in [-0.1, -0.05) is 48.5 Å². The molecule has 1 atom stereocenters. The van der Waals surface area contributed by atoms with Gasteiger partial charge in [0.2, 0.25) is 0 Å². The zero-order valence-electron chi connectivity index (χ0n) is 27.4. The first kappa shape index (κ1) is 29.1. The largest absolute Gasteiger partial charge is 0.361 e. The van der Waals surface area contributed by atoms with Crippen LogP contribution in [0, 0.1) is 0 Å². The SMILES string of the molecule is c1ccc2c(CCCC3C[N+](c4cccc5[nH]ccc45)(c4cccc5[nH]ccc45)CCN3CCCc3c[nH]c4ccccc34)c[nH]c2c1. The van der Waals surface area contributed by atoms with E-state index in [0.717, 1.165) is 56.3 Å². The van der Waals surface area contributed by atoms with Crippen molar-refractivity contribution < 1.29 is 0 Å². The first-order valence-corrected chi connectivity index (χ1v) is 17.6. The van der Waals surface area contributed by atoms with Crippen LogP contribution in [0.3, 0.4) is 0 Å². The summed E-state index contributed by atoms with van der Waals surface area (Å²) in [6, 6.07) is 36.1. The van der Waals surface area contributed by atoms with Crippen molar-refractivity contribution in [3.8, 4) is 0 Å². The van der Waals surface area contributed by atoms with Gasteiger partial charge in [0.25, 0.3) is 0 Å². The summed E-state index contributed by atoms with van der Waals surface area (Å²) >= 11 is 0. The van der Waals surface area contributed by atoms with Gasteiger partial charge in [-0.05, 0) is 86.2 Å². The van der Waals surface area contributed by atoms with Gasteiger partial charge in [0, 0.05) is 65.3 Å². The first-order chi connectivity index (χ1) is 23.8. The fourth-order valence-electron chi connectivity index (χ4n) is 8.75. The third-order valence-corrected chi connectivity index (χ3v) is 11.1. The minimum absolute atomic E-state index is 0.454. The Bertz CT molecular complexity index is 2260. The van der Waals surface area contributed by atoms with Crippen LogP contribution in [0.25, 0.3) is 43.6 Å². The van der Waals surface area contributed by atoms with Crippen LogP contribution in [0.2, 0.25) is 0 Å². The normalized spacial score (nSPS) is 16.9. The maximum Gasteiger partial charge on any atom is 0.147 e. The van der Waals surface area contributed by atoms with E-state index >= 15 is 0 Å². The fourth-order valence-corrected chi connectivity index (χ4v) is 8.75. The van der Waals surface area contributed by atoms with Crippen LogP contribution in [-0.4, -0.2) is 57.1 Å². The molecule has 1 unspecified atom stereocenters. The Morgan fingerprint density at radius 1 is 0.562 bits per heavy atom. The molecule has 0 spiro atoms. The maximum absolute atomic E-state index is 3.51. The molecule has 4 aromatic carbocycles. The van der Waals surface area contributed by atoms with Crippen LogP contribution in [0.5, 0.6) is 0 Å². The topological polar surface area (TPSA) is 66.4 Å². The Kier molecular flexibility index (Phi) is 7.40. The molecule has 4 N–H and O–H groups in total. The van der Waals surface area contributed by atoms with E-state index in [2.05, 4.69) is 147 Å². The second-order valence-corrected chi connectivity index (χ2v) is 13.7. The average molecular weight is 632 g/mol. The summed E-state index contributed by atoms with van der Waals surface area (Å²) in [6.45, 7) is 4.27. The molecule has 0 bridgehead atoms. The Morgan fingerprint density at radius 2 is 1.10 bits per heavy atom. The van der Waals surface area contributed by atoms with E-state index in [9.17, 15) is 0 Å². The van der Waals surface area contributed by atoms with Gasteiger partial charge in [-0.2, -0.15) is 0 Å². The van der Waals surface area contributed by atoms with Gasteiger partial charge >= 0.3 is 0 Å². The maximum atomic E-state index is 3.51. The van der Waals surface area contributed by atoms with Gasteiger partial charge in [0.05, 0.1) is 27.8 Å². The average Bonchev–Trinajstić information content (AvgIpc) is 3.95. The molecule has 240 valence electrons. The Balaban J connectivity index is 1.06. The highest BCUT2D eigenvalue weighted by atomic mass is 15.4. The number of piperazine rings is 1. The molecule has 9 rings (SSSR count).